The summed E-state index contributed by atoms with van der Waals surface area (Å²) in [6.45, 7) is 6.09. The van der Waals surface area contributed by atoms with E-state index in [9.17, 15) is 4.79 Å². The topological polar surface area (TPSA) is 53.2 Å². The zero-order valence-electron chi connectivity index (χ0n) is 14.0. The highest BCUT2D eigenvalue weighted by Gasteiger charge is 2.04. The van der Waals surface area contributed by atoms with Gasteiger partial charge in [0.05, 0.1) is 5.75 Å². The van der Waals surface area contributed by atoms with Crippen molar-refractivity contribution in [3.63, 3.8) is 0 Å². The van der Waals surface area contributed by atoms with E-state index >= 15 is 0 Å². The number of carbonyl (C=O) groups is 1. The number of hydrogen-bond acceptors (Lipinski definition) is 3. The number of hydrogen-bond donors (Lipinski definition) is 3. The van der Waals surface area contributed by atoms with Crippen molar-refractivity contribution in [2.75, 3.05) is 11.1 Å². The average molecular weight is 360 g/mol. The van der Waals surface area contributed by atoms with Gasteiger partial charge in [0.1, 0.15) is 0 Å². The van der Waals surface area contributed by atoms with Crippen molar-refractivity contribution >= 4 is 40.7 Å². The molecule has 0 bridgehead atoms. The lowest BCUT2D eigenvalue weighted by atomic mass is 10.1. The van der Waals surface area contributed by atoms with E-state index in [1.807, 2.05) is 57.2 Å². The molecule has 24 heavy (non-hydrogen) atoms. The second-order valence-electron chi connectivity index (χ2n) is 5.61. The SMILES string of the molecule is Cc1ccc(SCC(=O)NNC(=S)Nc2cc(C)cc(C)c2)cc1. The van der Waals surface area contributed by atoms with Gasteiger partial charge in [-0.15, -0.1) is 11.8 Å². The Labute approximate surface area is 152 Å². The van der Waals surface area contributed by atoms with E-state index < -0.39 is 0 Å². The molecule has 0 spiro atoms. The van der Waals surface area contributed by atoms with E-state index in [1.165, 1.54) is 17.3 Å². The van der Waals surface area contributed by atoms with Gasteiger partial charge in [0, 0.05) is 10.6 Å². The molecule has 0 fully saturated rings. The van der Waals surface area contributed by atoms with Gasteiger partial charge in [0.25, 0.3) is 0 Å². The number of anilines is 1. The monoisotopic (exact) mass is 359 g/mol. The molecule has 0 heterocycles. The number of benzene rings is 2. The molecule has 0 unspecified atom stereocenters. The number of amides is 1. The van der Waals surface area contributed by atoms with Crippen molar-refractivity contribution in [1.82, 2.24) is 10.9 Å². The van der Waals surface area contributed by atoms with Crippen molar-refractivity contribution in [2.24, 2.45) is 0 Å². The number of carbonyl (C=O) groups excluding carboxylic acids is 1. The Bertz CT molecular complexity index is 709. The normalized spacial score (nSPS) is 10.1. The summed E-state index contributed by atoms with van der Waals surface area (Å²) in [7, 11) is 0. The maximum Gasteiger partial charge on any atom is 0.248 e. The zero-order valence-corrected chi connectivity index (χ0v) is 15.6. The minimum Gasteiger partial charge on any atom is -0.331 e. The van der Waals surface area contributed by atoms with Gasteiger partial charge in [-0.2, -0.15) is 0 Å². The molecular weight excluding hydrogens is 338 g/mol. The molecule has 0 saturated heterocycles. The van der Waals surface area contributed by atoms with Gasteiger partial charge in [0.15, 0.2) is 5.11 Å². The maximum absolute atomic E-state index is 11.9. The van der Waals surface area contributed by atoms with Crippen LogP contribution in [-0.4, -0.2) is 16.8 Å². The van der Waals surface area contributed by atoms with E-state index in [0.717, 1.165) is 21.7 Å². The van der Waals surface area contributed by atoms with E-state index in [1.54, 1.807) is 0 Å². The van der Waals surface area contributed by atoms with Crippen molar-refractivity contribution in [3.05, 3.63) is 59.2 Å². The first-order valence-corrected chi connectivity index (χ1v) is 8.95. The number of aryl methyl sites for hydroxylation is 3. The molecule has 2 rings (SSSR count). The Morgan fingerprint density at radius 3 is 2.21 bits per heavy atom. The highest BCUT2D eigenvalue weighted by Crippen LogP contribution is 2.17. The molecule has 2 aromatic carbocycles. The van der Waals surface area contributed by atoms with Crippen molar-refractivity contribution < 1.29 is 4.79 Å². The predicted molar refractivity (Wildman–Crippen MR) is 105 cm³/mol. The number of hydrazine groups is 1. The Kier molecular flexibility index (Phi) is 6.63. The molecule has 4 nitrogen and oxygen atoms in total. The van der Waals surface area contributed by atoms with Crippen LogP contribution in [0, 0.1) is 20.8 Å². The van der Waals surface area contributed by atoms with Crippen molar-refractivity contribution in [3.8, 4) is 0 Å². The minimum atomic E-state index is -0.134. The molecule has 1 amide bonds. The fraction of sp³-hybridized carbons (Fsp3) is 0.222. The summed E-state index contributed by atoms with van der Waals surface area (Å²) in [5, 5.41) is 3.41. The van der Waals surface area contributed by atoms with Crippen LogP contribution in [0.5, 0.6) is 0 Å². The molecule has 126 valence electrons. The van der Waals surface area contributed by atoms with Crippen LogP contribution in [0.3, 0.4) is 0 Å². The molecule has 6 heteroatoms. The second-order valence-corrected chi connectivity index (χ2v) is 7.06. The standard InChI is InChI=1S/C18H21N3OS2/c1-12-4-6-16(7-5-12)24-11-17(22)20-21-18(23)19-15-9-13(2)8-14(3)10-15/h4-10H,11H2,1-3H3,(H,20,22)(H2,19,21,23). The number of thiocarbonyl (C=S) groups is 1. The van der Waals surface area contributed by atoms with Crippen molar-refractivity contribution in [2.45, 2.75) is 25.7 Å². The van der Waals surface area contributed by atoms with Crippen LogP contribution >= 0.6 is 24.0 Å². The van der Waals surface area contributed by atoms with Crippen LogP contribution in [0.15, 0.2) is 47.4 Å². The summed E-state index contributed by atoms with van der Waals surface area (Å²) in [4.78, 5) is 12.9. The lowest BCUT2D eigenvalue weighted by Gasteiger charge is -2.12. The van der Waals surface area contributed by atoms with E-state index in [2.05, 4.69) is 22.2 Å². The summed E-state index contributed by atoms with van der Waals surface area (Å²) in [5.74, 6) is 0.188. The molecule has 0 atom stereocenters. The molecule has 0 aliphatic heterocycles. The molecule has 3 N–H and O–H groups in total. The molecule has 0 aliphatic rings. The van der Waals surface area contributed by atoms with E-state index in [0.29, 0.717) is 10.9 Å². The summed E-state index contributed by atoms with van der Waals surface area (Å²) < 4.78 is 0. The first kappa shape index (κ1) is 18.3. The van der Waals surface area contributed by atoms with Gasteiger partial charge < -0.3 is 5.32 Å². The third-order valence-electron chi connectivity index (χ3n) is 3.19. The minimum absolute atomic E-state index is 0.134. The quantitative estimate of drug-likeness (QED) is 0.441. The number of thioether (sulfide) groups is 1. The second kappa shape index (κ2) is 8.70. The predicted octanol–water partition coefficient (Wildman–Crippen LogP) is 3.72. The maximum atomic E-state index is 11.9. The molecule has 0 radical (unpaired) electrons. The molecular formula is C18H21N3OS2. The molecule has 0 aliphatic carbocycles. The lowest BCUT2D eigenvalue weighted by Crippen LogP contribution is -2.44. The lowest BCUT2D eigenvalue weighted by molar-refractivity contribution is -0.119. The van der Waals surface area contributed by atoms with Crippen LogP contribution < -0.4 is 16.2 Å². The Morgan fingerprint density at radius 1 is 0.958 bits per heavy atom. The Morgan fingerprint density at radius 2 is 1.58 bits per heavy atom. The molecule has 2 aromatic rings. The fourth-order valence-corrected chi connectivity index (χ4v) is 3.02. The van der Waals surface area contributed by atoms with Gasteiger partial charge in [-0.1, -0.05) is 23.8 Å². The third kappa shape index (κ3) is 6.22. The van der Waals surface area contributed by atoms with Crippen LogP contribution in [0.1, 0.15) is 16.7 Å². The summed E-state index contributed by atoms with van der Waals surface area (Å²) >= 11 is 6.67. The first-order valence-electron chi connectivity index (χ1n) is 7.56. The molecule has 0 saturated carbocycles. The van der Waals surface area contributed by atoms with Gasteiger partial charge in [-0.05, 0) is 68.4 Å². The van der Waals surface area contributed by atoms with Crippen LogP contribution in [0.25, 0.3) is 0 Å². The number of rotatable bonds is 4. The van der Waals surface area contributed by atoms with Gasteiger partial charge in [-0.3, -0.25) is 15.6 Å². The highest BCUT2D eigenvalue weighted by molar-refractivity contribution is 8.00. The van der Waals surface area contributed by atoms with E-state index in [4.69, 9.17) is 12.2 Å². The van der Waals surface area contributed by atoms with Crippen molar-refractivity contribution in [1.29, 1.82) is 0 Å². The molecule has 0 aromatic heterocycles. The van der Waals surface area contributed by atoms with Gasteiger partial charge >= 0.3 is 0 Å². The highest BCUT2D eigenvalue weighted by atomic mass is 32.2. The van der Waals surface area contributed by atoms with E-state index in [-0.39, 0.29) is 5.91 Å². The zero-order chi connectivity index (χ0) is 17.5. The third-order valence-corrected chi connectivity index (χ3v) is 4.40. The Hall–Kier alpha value is -2.05. The van der Waals surface area contributed by atoms with Gasteiger partial charge in [0.2, 0.25) is 5.91 Å². The number of nitrogens with one attached hydrogen (secondary N) is 3. The summed E-state index contributed by atoms with van der Waals surface area (Å²) in [5.41, 5.74) is 9.72. The first-order chi connectivity index (χ1) is 11.4. The Balaban J connectivity index is 1.74. The average Bonchev–Trinajstić information content (AvgIpc) is 2.51. The largest absolute Gasteiger partial charge is 0.331 e. The smallest absolute Gasteiger partial charge is 0.248 e. The van der Waals surface area contributed by atoms with Crippen LogP contribution in [0.4, 0.5) is 5.69 Å². The summed E-state index contributed by atoms with van der Waals surface area (Å²) in [6, 6.07) is 14.2. The summed E-state index contributed by atoms with van der Waals surface area (Å²) in [6.07, 6.45) is 0. The van der Waals surface area contributed by atoms with Gasteiger partial charge in [-0.25, -0.2) is 0 Å². The van der Waals surface area contributed by atoms with Crippen LogP contribution in [-0.2, 0) is 4.79 Å². The fourth-order valence-electron chi connectivity index (χ4n) is 2.16. The van der Waals surface area contributed by atoms with Crippen LogP contribution in [0.2, 0.25) is 0 Å².